The van der Waals surface area contributed by atoms with Gasteiger partial charge < -0.3 is 5.32 Å². The van der Waals surface area contributed by atoms with E-state index in [2.05, 4.69) is 122 Å². The lowest BCUT2D eigenvalue weighted by Gasteiger charge is -2.09. The van der Waals surface area contributed by atoms with Gasteiger partial charge in [-0.2, -0.15) is 0 Å². The van der Waals surface area contributed by atoms with Crippen molar-refractivity contribution in [2.75, 3.05) is 5.32 Å². The fourth-order valence-electron chi connectivity index (χ4n) is 2.87. The minimum absolute atomic E-state index is 0.443. The summed E-state index contributed by atoms with van der Waals surface area (Å²) in [5.41, 5.74) is 6.01. The molecule has 1 heteroatoms. The summed E-state index contributed by atoms with van der Waals surface area (Å²) in [6, 6.07) is 30.0. The molecule has 0 bridgehead atoms. The van der Waals surface area contributed by atoms with Crippen molar-refractivity contribution in [2.24, 2.45) is 0 Å². The first kappa shape index (κ1) is 17.8. The van der Waals surface area contributed by atoms with Crippen LogP contribution < -0.4 is 5.32 Å². The molecule has 3 aromatic rings. The molecule has 0 aromatic heterocycles. The van der Waals surface area contributed by atoms with Crippen molar-refractivity contribution in [1.29, 1.82) is 0 Å². The second-order valence-corrected chi connectivity index (χ2v) is 6.59. The van der Waals surface area contributed by atoms with E-state index in [1.54, 1.807) is 0 Å². The molecule has 26 heavy (non-hydrogen) atoms. The molecule has 0 aliphatic rings. The van der Waals surface area contributed by atoms with Crippen LogP contribution in [0.25, 0.3) is 11.6 Å². The second kappa shape index (κ2) is 8.87. The van der Waals surface area contributed by atoms with Crippen LogP contribution in [0.3, 0.4) is 0 Å². The normalized spacial score (nSPS) is 10.9. The van der Waals surface area contributed by atoms with Crippen molar-refractivity contribution in [3.05, 3.63) is 114 Å². The van der Waals surface area contributed by atoms with Crippen LogP contribution in [0.15, 0.2) is 97.1 Å². The molecule has 0 atom stereocenters. The lowest BCUT2D eigenvalue weighted by molar-refractivity contribution is 0.900. The van der Waals surface area contributed by atoms with E-state index in [0.717, 1.165) is 5.69 Å². The summed E-state index contributed by atoms with van der Waals surface area (Å²) in [6.45, 7) is 4.29. The topological polar surface area (TPSA) is 12.0 Å². The summed E-state index contributed by atoms with van der Waals surface area (Å²) in [6.07, 6.45) is 6.45. The Morgan fingerprint density at radius 2 is 1.27 bits per heavy atom. The number of benzene rings is 3. The van der Waals surface area contributed by atoms with Crippen molar-refractivity contribution in [3.8, 4) is 0 Å². The van der Waals surface area contributed by atoms with Gasteiger partial charge in [0, 0.05) is 11.7 Å². The number of anilines is 1. The highest BCUT2D eigenvalue weighted by atomic mass is 14.9. The van der Waals surface area contributed by atoms with E-state index in [4.69, 9.17) is 0 Å². The zero-order valence-electron chi connectivity index (χ0n) is 15.4. The Morgan fingerprint density at radius 3 is 1.77 bits per heavy atom. The number of allylic oxidation sites excluding steroid dienone is 2. The molecule has 0 fully saturated rings. The summed E-state index contributed by atoms with van der Waals surface area (Å²) in [7, 11) is 0. The molecule has 1 N–H and O–H groups in total. The van der Waals surface area contributed by atoms with E-state index < -0.39 is 0 Å². The summed E-state index contributed by atoms with van der Waals surface area (Å²) in [4.78, 5) is 0. The van der Waals surface area contributed by atoms with Gasteiger partial charge >= 0.3 is 0 Å². The van der Waals surface area contributed by atoms with E-state index in [9.17, 15) is 0 Å². The van der Waals surface area contributed by atoms with E-state index in [1.165, 1.54) is 22.3 Å². The predicted octanol–water partition coefficient (Wildman–Crippen LogP) is 6.65. The Balaban J connectivity index is 1.83. The molecule has 0 amide bonds. The summed E-state index contributed by atoms with van der Waals surface area (Å²) >= 11 is 0. The van der Waals surface area contributed by atoms with Gasteiger partial charge in [0.25, 0.3) is 0 Å². The molecular formula is C25H25N. The third-order valence-corrected chi connectivity index (χ3v) is 4.09. The summed E-state index contributed by atoms with van der Waals surface area (Å²) < 4.78 is 0. The van der Waals surface area contributed by atoms with E-state index in [0.29, 0.717) is 6.04 Å². The van der Waals surface area contributed by atoms with Crippen molar-refractivity contribution in [2.45, 2.75) is 19.9 Å². The highest BCUT2D eigenvalue weighted by molar-refractivity contribution is 5.81. The third-order valence-electron chi connectivity index (χ3n) is 4.09. The van der Waals surface area contributed by atoms with Gasteiger partial charge in [0.05, 0.1) is 0 Å². The molecule has 1 nitrogen and oxygen atoms in total. The van der Waals surface area contributed by atoms with Gasteiger partial charge in [-0.1, -0.05) is 91.0 Å². The number of nitrogens with one attached hydrogen (secondary N) is 1. The van der Waals surface area contributed by atoms with E-state index in [1.807, 2.05) is 0 Å². The molecule has 0 heterocycles. The number of hydrogen-bond donors (Lipinski definition) is 1. The molecule has 0 saturated heterocycles. The maximum atomic E-state index is 3.41. The average Bonchev–Trinajstić information content (AvgIpc) is 2.67. The maximum absolute atomic E-state index is 3.41. The monoisotopic (exact) mass is 339 g/mol. The van der Waals surface area contributed by atoms with Gasteiger partial charge in [0.15, 0.2) is 0 Å². The van der Waals surface area contributed by atoms with Gasteiger partial charge in [-0.25, -0.2) is 0 Å². The minimum atomic E-state index is 0.443. The van der Waals surface area contributed by atoms with Gasteiger partial charge in [-0.05, 0) is 48.2 Å². The fraction of sp³-hybridized carbons (Fsp3) is 0.120. The molecule has 0 spiro atoms. The molecule has 0 unspecified atom stereocenters. The average molecular weight is 339 g/mol. The van der Waals surface area contributed by atoms with Crippen LogP contribution in [-0.2, 0) is 0 Å². The highest BCUT2D eigenvalue weighted by Crippen LogP contribution is 2.23. The van der Waals surface area contributed by atoms with E-state index in [-0.39, 0.29) is 0 Å². The summed E-state index contributed by atoms with van der Waals surface area (Å²) in [5.74, 6) is 0. The van der Waals surface area contributed by atoms with Crippen LogP contribution in [0.5, 0.6) is 0 Å². The van der Waals surface area contributed by atoms with Crippen molar-refractivity contribution < 1.29 is 0 Å². The smallest absolute Gasteiger partial charge is 0.0342 e. The molecule has 3 aromatic carbocycles. The molecular weight excluding hydrogens is 314 g/mol. The first-order valence-corrected chi connectivity index (χ1v) is 9.08. The van der Waals surface area contributed by atoms with Crippen LogP contribution in [0.2, 0.25) is 0 Å². The van der Waals surface area contributed by atoms with Gasteiger partial charge in [0.2, 0.25) is 0 Å². The Kier molecular flexibility index (Phi) is 6.05. The molecule has 0 saturated carbocycles. The minimum Gasteiger partial charge on any atom is -0.383 e. The second-order valence-electron chi connectivity index (χ2n) is 6.59. The van der Waals surface area contributed by atoms with Gasteiger partial charge in [-0.15, -0.1) is 0 Å². The lowest BCUT2D eigenvalue weighted by Crippen LogP contribution is -2.09. The lowest BCUT2D eigenvalue weighted by atomic mass is 9.97. The Bertz CT molecular complexity index is 816. The SMILES string of the molecule is CC(C)Nc1ccc(C=CC=C(c2ccccc2)c2ccccc2)cc1. The van der Waals surface area contributed by atoms with Crippen LogP contribution in [0.4, 0.5) is 5.69 Å². The zero-order chi connectivity index (χ0) is 18.2. The molecule has 0 aliphatic heterocycles. The number of hydrogen-bond acceptors (Lipinski definition) is 1. The van der Waals surface area contributed by atoms with Crippen LogP contribution in [-0.4, -0.2) is 6.04 Å². The molecule has 3 rings (SSSR count). The molecule has 0 radical (unpaired) electrons. The van der Waals surface area contributed by atoms with Crippen LogP contribution in [0, 0.1) is 0 Å². The Hall–Kier alpha value is -3.06. The summed E-state index contributed by atoms with van der Waals surface area (Å²) in [5, 5.41) is 3.41. The van der Waals surface area contributed by atoms with Crippen LogP contribution in [0.1, 0.15) is 30.5 Å². The maximum Gasteiger partial charge on any atom is 0.0342 e. The van der Waals surface area contributed by atoms with Gasteiger partial charge in [0.1, 0.15) is 0 Å². The first-order chi connectivity index (χ1) is 12.7. The quantitative estimate of drug-likeness (QED) is 0.496. The van der Waals surface area contributed by atoms with Gasteiger partial charge in [-0.3, -0.25) is 0 Å². The standard InChI is InChI=1S/C25H25N/c1-20(2)26-24-18-16-21(17-19-24)10-9-15-25(22-11-5-3-6-12-22)23-13-7-4-8-14-23/h3-20,26H,1-2H3. The van der Waals surface area contributed by atoms with E-state index >= 15 is 0 Å². The number of rotatable bonds is 6. The largest absolute Gasteiger partial charge is 0.383 e. The molecule has 130 valence electrons. The molecule has 0 aliphatic carbocycles. The third kappa shape index (κ3) is 4.97. The zero-order valence-corrected chi connectivity index (χ0v) is 15.4. The fourth-order valence-corrected chi connectivity index (χ4v) is 2.87. The van der Waals surface area contributed by atoms with Crippen molar-refractivity contribution in [3.63, 3.8) is 0 Å². The Morgan fingerprint density at radius 1 is 0.731 bits per heavy atom. The first-order valence-electron chi connectivity index (χ1n) is 9.08. The predicted molar refractivity (Wildman–Crippen MR) is 114 cm³/mol. The highest BCUT2D eigenvalue weighted by Gasteiger charge is 2.02. The Labute approximate surface area is 156 Å². The van der Waals surface area contributed by atoms with Crippen molar-refractivity contribution in [1.82, 2.24) is 0 Å². The van der Waals surface area contributed by atoms with Crippen LogP contribution >= 0.6 is 0 Å². The van der Waals surface area contributed by atoms with Crippen molar-refractivity contribution >= 4 is 17.3 Å².